The van der Waals surface area contributed by atoms with Gasteiger partial charge in [-0.05, 0) is 25.2 Å². The van der Waals surface area contributed by atoms with Crippen molar-refractivity contribution in [3.05, 3.63) is 0 Å². The summed E-state index contributed by atoms with van der Waals surface area (Å²) in [6.07, 6.45) is 4.29. The summed E-state index contributed by atoms with van der Waals surface area (Å²) in [5.74, 6) is 0.870. The van der Waals surface area contributed by atoms with Crippen molar-refractivity contribution in [1.29, 1.82) is 0 Å². The van der Waals surface area contributed by atoms with Crippen molar-refractivity contribution in [2.45, 2.75) is 37.1 Å². The molecule has 10 heavy (non-hydrogen) atoms. The van der Waals surface area contributed by atoms with Gasteiger partial charge in [-0.3, -0.25) is 0 Å². The van der Waals surface area contributed by atoms with Crippen molar-refractivity contribution >= 4 is 15.9 Å². The highest BCUT2D eigenvalue weighted by atomic mass is 79.9. The van der Waals surface area contributed by atoms with Gasteiger partial charge in [0.15, 0.2) is 0 Å². The molecule has 0 amide bonds. The van der Waals surface area contributed by atoms with E-state index in [0.29, 0.717) is 6.10 Å². The molecule has 0 aromatic carbocycles. The Bertz CT molecular complexity index is 99.4. The van der Waals surface area contributed by atoms with Crippen molar-refractivity contribution < 1.29 is 4.74 Å². The quantitative estimate of drug-likeness (QED) is 0.646. The zero-order valence-electron chi connectivity index (χ0n) is 6.64. The summed E-state index contributed by atoms with van der Waals surface area (Å²) in [4.78, 5) is 0.721. The SMILES string of the molecule is CCC(Br)C1CC(OC)C1. The Hall–Kier alpha value is 0.440. The molecule has 0 radical (unpaired) electrons. The van der Waals surface area contributed by atoms with E-state index < -0.39 is 0 Å². The van der Waals surface area contributed by atoms with Crippen LogP contribution in [0.5, 0.6) is 0 Å². The summed E-state index contributed by atoms with van der Waals surface area (Å²) in [5.41, 5.74) is 0. The number of hydrogen-bond acceptors (Lipinski definition) is 1. The van der Waals surface area contributed by atoms with Crippen LogP contribution in [-0.4, -0.2) is 18.0 Å². The topological polar surface area (TPSA) is 9.23 Å². The maximum absolute atomic E-state index is 5.19. The fraction of sp³-hybridized carbons (Fsp3) is 1.00. The normalized spacial score (nSPS) is 35.1. The molecule has 60 valence electrons. The van der Waals surface area contributed by atoms with Crippen LogP contribution in [0.1, 0.15) is 26.2 Å². The molecule has 1 fully saturated rings. The van der Waals surface area contributed by atoms with Gasteiger partial charge in [-0.15, -0.1) is 0 Å². The molecule has 0 N–H and O–H groups in total. The van der Waals surface area contributed by atoms with Crippen LogP contribution in [0.2, 0.25) is 0 Å². The minimum Gasteiger partial charge on any atom is -0.381 e. The van der Waals surface area contributed by atoms with Crippen LogP contribution in [0.15, 0.2) is 0 Å². The Kier molecular flexibility index (Phi) is 3.18. The van der Waals surface area contributed by atoms with E-state index in [1.807, 2.05) is 0 Å². The number of alkyl halides is 1. The molecular weight excluding hydrogens is 192 g/mol. The third kappa shape index (κ3) is 1.73. The lowest BCUT2D eigenvalue weighted by Gasteiger charge is -2.36. The van der Waals surface area contributed by atoms with Crippen LogP contribution in [0.25, 0.3) is 0 Å². The number of hydrogen-bond donors (Lipinski definition) is 0. The van der Waals surface area contributed by atoms with E-state index in [-0.39, 0.29) is 0 Å². The van der Waals surface area contributed by atoms with Crippen LogP contribution in [0, 0.1) is 5.92 Å². The van der Waals surface area contributed by atoms with Crippen molar-refractivity contribution in [2.75, 3.05) is 7.11 Å². The predicted octanol–water partition coefficient (Wildman–Crippen LogP) is 2.58. The van der Waals surface area contributed by atoms with Gasteiger partial charge in [0.2, 0.25) is 0 Å². The van der Waals surface area contributed by atoms with Gasteiger partial charge in [-0.2, -0.15) is 0 Å². The summed E-state index contributed by atoms with van der Waals surface area (Å²) in [7, 11) is 1.80. The third-order valence-corrected chi connectivity index (χ3v) is 3.76. The van der Waals surface area contributed by atoms with Gasteiger partial charge >= 0.3 is 0 Å². The lowest BCUT2D eigenvalue weighted by Crippen LogP contribution is -2.35. The molecule has 0 aromatic heterocycles. The zero-order chi connectivity index (χ0) is 7.56. The molecular formula is C8H15BrO. The van der Waals surface area contributed by atoms with Crippen LogP contribution >= 0.6 is 15.9 Å². The Morgan fingerprint density at radius 3 is 2.60 bits per heavy atom. The first-order valence-electron chi connectivity index (χ1n) is 3.94. The van der Waals surface area contributed by atoms with Crippen molar-refractivity contribution in [1.82, 2.24) is 0 Å². The third-order valence-electron chi connectivity index (χ3n) is 2.37. The van der Waals surface area contributed by atoms with Gasteiger partial charge in [0.25, 0.3) is 0 Å². The van der Waals surface area contributed by atoms with Gasteiger partial charge in [-0.25, -0.2) is 0 Å². The van der Waals surface area contributed by atoms with Crippen LogP contribution in [0.3, 0.4) is 0 Å². The molecule has 0 aliphatic heterocycles. The second kappa shape index (κ2) is 3.72. The Labute approximate surface area is 71.3 Å². The Balaban J connectivity index is 2.13. The first-order valence-corrected chi connectivity index (χ1v) is 4.86. The largest absolute Gasteiger partial charge is 0.381 e. The highest BCUT2D eigenvalue weighted by Crippen LogP contribution is 2.36. The summed E-state index contributed by atoms with van der Waals surface area (Å²) in [6, 6.07) is 0. The standard InChI is InChI=1S/C8H15BrO/c1-3-8(9)6-4-7(5-6)10-2/h6-8H,3-5H2,1-2H3. The molecule has 1 aliphatic rings. The maximum atomic E-state index is 5.19. The summed E-state index contributed by atoms with van der Waals surface area (Å²) in [5, 5.41) is 0. The fourth-order valence-corrected chi connectivity index (χ4v) is 1.86. The van der Waals surface area contributed by atoms with Crippen molar-refractivity contribution in [2.24, 2.45) is 5.92 Å². The molecule has 1 rings (SSSR count). The second-order valence-electron chi connectivity index (χ2n) is 3.01. The van der Waals surface area contributed by atoms with Crippen LogP contribution in [0.4, 0.5) is 0 Å². The molecule has 1 saturated carbocycles. The second-order valence-corrected chi connectivity index (χ2v) is 4.19. The molecule has 0 bridgehead atoms. The average Bonchev–Trinajstić information content (AvgIpc) is 1.85. The van der Waals surface area contributed by atoms with E-state index in [2.05, 4.69) is 22.9 Å². The van der Waals surface area contributed by atoms with Crippen LogP contribution in [-0.2, 0) is 4.74 Å². The van der Waals surface area contributed by atoms with Gasteiger partial charge in [0, 0.05) is 11.9 Å². The van der Waals surface area contributed by atoms with Gasteiger partial charge in [0.1, 0.15) is 0 Å². The molecule has 0 heterocycles. The van der Waals surface area contributed by atoms with E-state index in [0.717, 1.165) is 10.7 Å². The first kappa shape index (κ1) is 8.54. The molecule has 0 saturated heterocycles. The molecule has 0 aromatic rings. The molecule has 1 unspecified atom stereocenters. The van der Waals surface area contributed by atoms with Gasteiger partial charge in [0.05, 0.1) is 6.10 Å². The number of methoxy groups -OCH3 is 1. The van der Waals surface area contributed by atoms with E-state index in [1.54, 1.807) is 7.11 Å². The van der Waals surface area contributed by atoms with Crippen LogP contribution < -0.4 is 0 Å². The summed E-state index contributed by atoms with van der Waals surface area (Å²) < 4.78 is 5.19. The van der Waals surface area contributed by atoms with Gasteiger partial charge < -0.3 is 4.74 Å². The zero-order valence-corrected chi connectivity index (χ0v) is 8.23. The molecule has 1 atom stereocenters. The van der Waals surface area contributed by atoms with Crippen molar-refractivity contribution in [3.8, 4) is 0 Å². The van der Waals surface area contributed by atoms with Crippen molar-refractivity contribution in [3.63, 3.8) is 0 Å². The monoisotopic (exact) mass is 206 g/mol. The molecule has 1 nitrogen and oxygen atoms in total. The minimum absolute atomic E-state index is 0.552. The average molecular weight is 207 g/mol. The minimum atomic E-state index is 0.552. The summed E-state index contributed by atoms with van der Waals surface area (Å²) >= 11 is 3.65. The van der Waals surface area contributed by atoms with E-state index in [9.17, 15) is 0 Å². The highest BCUT2D eigenvalue weighted by Gasteiger charge is 2.32. The fourth-order valence-electron chi connectivity index (χ4n) is 1.43. The first-order chi connectivity index (χ1) is 4.77. The maximum Gasteiger partial charge on any atom is 0.0577 e. The summed E-state index contributed by atoms with van der Waals surface area (Å²) in [6.45, 7) is 2.22. The highest BCUT2D eigenvalue weighted by molar-refractivity contribution is 9.09. The number of halogens is 1. The lowest BCUT2D eigenvalue weighted by molar-refractivity contribution is 0.00101. The van der Waals surface area contributed by atoms with E-state index >= 15 is 0 Å². The lowest BCUT2D eigenvalue weighted by atomic mass is 9.79. The molecule has 1 aliphatic carbocycles. The number of rotatable bonds is 3. The Morgan fingerprint density at radius 1 is 1.60 bits per heavy atom. The molecule has 0 spiro atoms. The van der Waals surface area contributed by atoms with Gasteiger partial charge in [-0.1, -0.05) is 22.9 Å². The van der Waals surface area contributed by atoms with E-state index in [4.69, 9.17) is 4.74 Å². The molecule has 2 heteroatoms. The number of ether oxygens (including phenoxy) is 1. The smallest absolute Gasteiger partial charge is 0.0577 e. The Morgan fingerprint density at radius 2 is 2.20 bits per heavy atom. The van der Waals surface area contributed by atoms with E-state index in [1.165, 1.54) is 19.3 Å². The predicted molar refractivity (Wildman–Crippen MR) is 46.5 cm³/mol.